The molecule has 8 heteroatoms. The van der Waals surface area contributed by atoms with Crippen LogP contribution in [-0.4, -0.2) is 27.7 Å². The van der Waals surface area contributed by atoms with E-state index >= 15 is 0 Å². The number of benzene rings is 2. The molecule has 0 aliphatic carbocycles. The van der Waals surface area contributed by atoms with Crippen molar-refractivity contribution in [3.63, 3.8) is 0 Å². The van der Waals surface area contributed by atoms with Crippen molar-refractivity contribution in [3.8, 4) is 5.75 Å². The highest BCUT2D eigenvalue weighted by molar-refractivity contribution is 7.80. The Morgan fingerprint density at radius 1 is 1.35 bits per heavy atom. The molecule has 0 radical (unpaired) electrons. The molecule has 1 aromatic heterocycles. The predicted molar refractivity (Wildman–Crippen MR) is 107 cm³/mol. The number of ether oxygens (including phenoxy) is 1. The highest BCUT2D eigenvalue weighted by Gasteiger charge is 2.17. The number of aromatic nitrogens is 1. The Bertz CT molecular complexity index is 942. The third-order valence-electron chi connectivity index (χ3n) is 3.79. The molecule has 1 unspecified atom stereocenters. The molecule has 0 aliphatic heterocycles. The van der Waals surface area contributed by atoms with Crippen LogP contribution in [0.5, 0.6) is 5.75 Å². The van der Waals surface area contributed by atoms with E-state index in [2.05, 4.69) is 15.0 Å². The molecule has 0 aliphatic rings. The Morgan fingerprint density at radius 3 is 2.96 bits per heavy atom. The Labute approximate surface area is 160 Å². The summed E-state index contributed by atoms with van der Waals surface area (Å²) in [5, 5.41) is 16.8. The molecule has 2 aromatic carbocycles. The second-order valence-corrected chi connectivity index (χ2v) is 6.85. The minimum Gasteiger partial charge on any atom is -0.497 e. The molecule has 3 N–H and O–H groups in total. The van der Waals surface area contributed by atoms with E-state index in [1.165, 1.54) is 11.5 Å². The van der Waals surface area contributed by atoms with Crippen molar-refractivity contribution in [2.24, 2.45) is 0 Å². The number of carboxylic acid groups (broad SMARTS) is 1. The number of carbonyl (C=O) groups is 1. The number of thiocarbonyl (C=S) groups is 1. The summed E-state index contributed by atoms with van der Waals surface area (Å²) < 4.78 is 10.5. The molecule has 0 saturated carbocycles. The summed E-state index contributed by atoms with van der Waals surface area (Å²) in [5.74, 6) is -0.257. The Hall–Kier alpha value is -2.71. The van der Waals surface area contributed by atoms with E-state index in [1.54, 1.807) is 19.4 Å². The van der Waals surface area contributed by atoms with Gasteiger partial charge in [0.05, 0.1) is 24.3 Å². The van der Waals surface area contributed by atoms with E-state index in [-0.39, 0.29) is 6.42 Å². The first-order valence-electron chi connectivity index (χ1n) is 7.83. The molecule has 0 fully saturated rings. The van der Waals surface area contributed by atoms with Crippen LogP contribution in [0.15, 0.2) is 48.7 Å². The number of carboxylic acids is 1. The maximum Gasteiger partial charge on any atom is 0.305 e. The van der Waals surface area contributed by atoms with Gasteiger partial charge < -0.3 is 20.5 Å². The quantitative estimate of drug-likeness (QED) is 0.555. The van der Waals surface area contributed by atoms with Gasteiger partial charge in [-0.25, -0.2) is 0 Å². The van der Waals surface area contributed by atoms with Crippen LogP contribution < -0.4 is 15.4 Å². The van der Waals surface area contributed by atoms with Gasteiger partial charge in [-0.15, -0.1) is 0 Å². The van der Waals surface area contributed by atoms with Gasteiger partial charge in [-0.05, 0) is 59.6 Å². The summed E-state index contributed by atoms with van der Waals surface area (Å²) >= 11 is 6.80. The maximum absolute atomic E-state index is 11.3. The Morgan fingerprint density at radius 2 is 2.19 bits per heavy atom. The fourth-order valence-electron chi connectivity index (χ4n) is 2.56. The van der Waals surface area contributed by atoms with Crippen LogP contribution >= 0.6 is 23.8 Å². The second kappa shape index (κ2) is 8.11. The SMILES string of the molecule is COc1cccc(C(CC(=O)O)NC(=S)Nc2ccc3sncc3c2)c1. The number of aliphatic carboxylic acids is 1. The molecule has 0 saturated heterocycles. The molecule has 1 heterocycles. The van der Waals surface area contributed by atoms with Crippen LogP contribution in [-0.2, 0) is 4.79 Å². The maximum atomic E-state index is 11.3. The average Bonchev–Trinajstić information content (AvgIpc) is 3.08. The first-order chi connectivity index (χ1) is 12.5. The van der Waals surface area contributed by atoms with Crippen LogP contribution in [0, 0.1) is 0 Å². The fraction of sp³-hybridized carbons (Fsp3) is 0.167. The minimum atomic E-state index is -0.918. The zero-order valence-electron chi connectivity index (χ0n) is 13.9. The van der Waals surface area contributed by atoms with E-state index in [0.717, 1.165) is 21.3 Å². The third-order valence-corrected chi connectivity index (χ3v) is 4.79. The van der Waals surface area contributed by atoms with Crippen molar-refractivity contribution in [2.75, 3.05) is 12.4 Å². The van der Waals surface area contributed by atoms with Crippen LogP contribution in [0.4, 0.5) is 5.69 Å². The summed E-state index contributed by atoms with van der Waals surface area (Å²) in [4.78, 5) is 11.3. The lowest BCUT2D eigenvalue weighted by Gasteiger charge is -2.20. The zero-order chi connectivity index (χ0) is 18.5. The molecule has 6 nitrogen and oxygen atoms in total. The lowest BCUT2D eigenvalue weighted by molar-refractivity contribution is -0.137. The number of hydrogen-bond acceptors (Lipinski definition) is 5. The summed E-state index contributed by atoms with van der Waals surface area (Å²) in [6.45, 7) is 0. The molecule has 26 heavy (non-hydrogen) atoms. The fourth-order valence-corrected chi connectivity index (χ4v) is 3.45. The molecular formula is C18H17N3O3S2. The van der Waals surface area contributed by atoms with E-state index in [4.69, 9.17) is 17.0 Å². The summed E-state index contributed by atoms with van der Waals surface area (Å²) in [6.07, 6.45) is 1.69. The first-order valence-corrected chi connectivity index (χ1v) is 9.01. The number of nitrogens with zero attached hydrogens (tertiary/aromatic N) is 1. The average molecular weight is 387 g/mol. The number of methoxy groups -OCH3 is 1. The van der Waals surface area contributed by atoms with Crippen molar-refractivity contribution in [1.29, 1.82) is 0 Å². The van der Waals surface area contributed by atoms with Gasteiger partial charge in [-0.3, -0.25) is 4.79 Å². The molecule has 3 aromatic rings. The normalized spacial score (nSPS) is 11.7. The minimum absolute atomic E-state index is 0.109. The Balaban J connectivity index is 1.74. The number of nitrogens with one attached hydrogen (secondary N) is 2. The van der Waals surface area contributed by atoms with Gasteiger partial charge in [-0.2, -0.15) is 4.37 Å². The highest BCUT2D eigenvalue weighted by Crippen LogP contribution is 2.24. The van der Waals surface area contributed by atoms with Gasteiger partial charge in [0.15, 0.2) is 5.11 Å². The molecule has 1 atom stereocenters. The van der Waals surface area contributed by atoms with Crippen LogP contribution in [0.25, 0.3) is 10.1 Å². The van der Waals surface area contributed by atoms with Gasteiger partial charge in [-0.1, -0.05) is 12.1 Å². The van der Waals surface area contributed by atoms with Crippen molar-refractivity contribution in [2.45, 2.75) is 12.5 Å². The van der Waals surface area contributed by atoms with Gasteiger partial charge in [0, 0.05) is 17.3 Å². The van der Waals surface area contributed by atoms with Crippen LogP contribution in [0.2, 0.25) is 0 Å². The van der Waals surface area contributed by atoms with Gasteiger partial charge in [0.25, 0.3) is 0 Å². The van der Waals surface area contributed by atoms with Crippen molar-refractivity contribution < 1.29 is 14.6 Å². The largest absolute Gasteiger partial charge is 0.497 e. The monoisotopic (exact) mass is 387 g/mol. The summed E-state index contributed by atoms with van der Waals surface area (Å²) in [7, 11) is 1.57. The lowest BCUT2D eigenvalue weighted by atomic mass is 10.0. The number of hydrogen-bond donors (Lipinski definition) is 3. The van der Waals surface area contributed by atoms with E-state index in [1.807, 2.05) is 36.4 Å². The number of fused-ring (bicyclic) bond motifs is 1. The topological polar surface area (TPSA) is 83.5 Å². The van der Waals surface area contributed by atoms with Crippen molar-refractivity contribution >= 4 is 50.6 Å². The van der Waals surface area contributed by atoms with E-state index in [0.29, 0.717) is 10.9 Å². The van der Waals surface area contributed by atoms with E-state index < -0.39 is 12.0 Å². The smallest absolute Gasteiger partial charge is 0.305 e. The lowest BCUT2D eigenvalue weighted by Crippen LogP contribution is -2.33. The Kier molecular flexibility index (Phi) is 5.65. The molecule has 0 bridgehead atoms. The van der Waals surface area contributed by atoms with Crippen molar-refractivity contribution in [3.05, 3.63) is 54.2 Å². The summed E-state index contributed by atoms with van der Waals surface area (Å²) in [6, 6.07) is 12.6. The second-order valence-electron chi connectivity index (χ2n) is 5.60. The van der Waals surface area contributed by atoms with Gasteiger partial charge in [0.1, 0.15) is 5.75 Å². The first kappa shape index (κ1) is 18.1. The molecular weight excluding hydrogens is 370 g/mol. The van der Waals surface area contributed by atoms with Crippen molar-refractivity contribution in [1.82, 2.24) is 9.69 Å². The molecule has 3 rings (SSSR count). The number of anilines is 1. The highest BCUT2D eigenvalue weighted by atomic mass is 32.1. The number of rotatable bonds is 6. The third kappa shape index (κ3) is 4.47. The molecule has 0 amide bonds. The van der Waals surface area contributed by atoms with E-state index in [9.17, 15) is 9.90 Å². The zero-order valence-corrected chi connectivity index (χ0v) is 15.6. The van der Waals surface area contributed by atoms with Crippen LogP contribution in [0.3, 0.4) is 0 Å². The summed E-state index contributed by atoms with van der Waals surface area (Å²) in [5.41, 5.74) is 1.60. The molecule has 134 valence electrons. The molecule has 0 spiro atoms. The predicted octanol–water partition coefficient (Wildman–Crippen LogP) is 3.81. The van der Waals surface area contributed by atoms with Gasteiger partial charge >= 0.3 is 5.97 Å². The standard InChI is InChI=1S/C18H17N3O3S2/c1-24-14-4-2-3-11(8-14)15(9-17(22)23)21-18(25)20-13-5-6-16-12(7-13)10-19-26-16/h2-8,10,15H,9H2,1H3,(H,22,23)(H2,20,21,25). The van der Waals surface area contributed by atoms with Gasteiger partial charge in [0.2, 0.25) is 0 Å². The van der Waals surface area contributed by atoms with Crippen LogP contribution in [0.1, 0.15) is 18.0 Å².